The molecule has 0 unspecified atom stereocenters. The Labute approximate surface area is 124 Å². The fourth-order valence-electron chi connectivity index (χ4n) is 2.29. The smallest absolute Gasteiger partial charge is 0.246 e. The van der Waals surface area contributed by atoms with Crippen molar-refractivity contribution in [3.8, 4) is 0 Å². The number of piperidine rings is 1. The normalized spacial score (nSPS) is 16.3. The van der Waals surface area contributed by atoms with Crippen LogP contribution in [0, 0.1) is 6.92 Å². The van der Waals surface area contributed by atoms with Crippen molar-refractivity contribution in [2.45, 2.75) is 26.2 Å². The summed E-state index contributed by atoms with van der Waals surface area (Å²) in [5, 5.41) is -0.488. The number of hydrogen-bond donors (Lipinski definition) is 1. The number of sulfonamides is 1. The van der Waals surface area contributed by atoms with Crippen LogP contribution in [0.1, 0.15) is 24.8 Å². The van der Waals surface area contributed by atoms with Gasteiger partial charge in [0.25, 0.3) is 0 Å². The molecule has 1 aliphatic heterocycles. The largest absolute Gasteiger partial charge is 0.312 e. The maximum absolute atomic E-state index is 11.9. The molecule has 110 valence electrons. The number of benzene rings is 1. The van der Waals surface area contributed by atoms with E-state index in [2.05, 4.69) is 4.72 Å². The van der Waals surface area contributed by atoms with Crippen LogP contribution in [-0.2, 0) is 14.8 Å². The molecule has 0 bridgehead atoms. The summed E-state index contributed by atoms with van der Waals surface area (Å²) >= 11 is 5.35. The number of nitrogens with one attached hydrogen (secondary N) is 1. The van der Waals surface area contributed by atoms with Crippen LogP contribution in [-0.4, -0.2) is 26.1 Å². The number of amides is 1. The number of alkyl halides is 1. The predicted octanol–water partition coefficient (Wildman–Crippen LogP) is 2.45. The van der Waals surface area contributed by atoms with E-state index in [4.69, 9.17) is 11.6 Å². The Balaban J connectivity index is 2.24. The van der Waals surface area contributed by atoms with Gasteiger partial charge in [-0.25, -0.2) is 8.42 Å². The molecule has 7 heteroatoms. The fraction of sp³-hybridized carbons (Fsp3) is 0.462. The van der Waals surface area contributed by atoms with Gasteiger partial charge in [0.1, 0.15) is 5.21 Å². The van der Waals surface area contributed by atoms with E-state index in [0.29, 0.717) is 18.7 Å². The number of halogens is 1. The first-order valence-corrected chi connectivity index (χ1v) is 8.59. The molecule has 1 aliphatic rings. The Morgan fingerprint density at radius 2 is 2.10 bits per heavy atom. The van der Waals surface area contributed by atoms with Crippen molar-refractivity contribution in [1.29, 1.82) is 0 Å². The van der Waals surface area contributed by atoms with Gasteiger partial charge in [-0.3, -0.25) is 9.52 Å². The molecule has 5 nitrogen and oxygen atoms in total. The third-order valence-corrected chi connectivity index (χ3v) is 4.92. The summed E-state index contributed by atoms with van der Waals surface area (Å²) in [6, 6.07) is 5.13. The average Bonchev–Trinajstić information content (AvgIpc) is 2.40. The molecule has 1 saturated heterocycles. The van der Waals surface area contributed by atoms with Crippen molar-refractivity contribution in [3.63, 3.8) is 0 Å². The molecular weight excluding hydrogens is 300 g/mol. The molecular formula is C13H17ClN2O3S. The van der Waals surface area contributed by atoms with Gasteiger partial charge < -0.3 is 4.90 Å². The Kier molecular flexibility index (Phi) is 4.55. The lowest BCUT2D eigenvalue weighted by atomic mass is 10.1. The molecule has 0 radical (unpaired) electrons. The van der Waals surface area contributed by atoms with E-state index in [1.54, 1.807) is 23.1 Å². The second-order valence-corrected chi connectivity index (χ2v) is 7.14. The monoisotopic (exact) mass is 316 g/mol. The summed E-state index contributed by atoms with van der Waals surface area (Å²) in [5.74, 6) is 0.119. The number of rotatable bonds is 4. The van der Waals surface area contributed by atoms with Crippen LogP contribution in [0.2, 0.25) is 0 Å². The lowest BCUT2D eigenvalue weighted by Gasteiger charge is -2.28. The highest BCUT2D eigenvalue weighted by Crippen LogP contribution is 2.27. The Morgan fingerprint density at radius 1 is 1.35 bits per heavy atom. The van der Waals surface area contributed by atoms with Crippen molar-refractivity contribution in [3.05, 3.63) is 23.8 Å². The Morgan fingerprint density at radius 3 is 2.70 bits per heavy atom. The van der Waals surface area contributed by atoms with Crippen molar-refractivity contribution in [2.75, 3.05) is 21.4 Å². The van der Waals surface area contributed by atoms with Crippen LogP contribution in [0.3, 0.4) is 0 Å². The first-order valence-electron chi connectivity index (χ1n) is 6.40. The summed E-state index contributed by atoms with van der Waals surface area (Å²) in [6.45, 7) is 2.57. The van der Waals surface area contributed by atoms with E-state index >= 15 is 0 Å². The SMILES string of the molecule is Cc1cc(NS(=O)(=O)CCl)ccc1N1CCCCC1=O. The molecule has 20 heavy (non-hydrogen) atoms. The van der Waals surface area contributed by atoms with E-state index in [1.165, 1.54) is 0 Å². The number of aryl methyl sites for hydroxylation is 1. The summed E-state index contributed by atoms with van der Waals surface area (Å²) in [4.78, 5) is 13.7. The molecule has 1 heterocycles. The maximum atomic E-state index is 11.9. The molecule has 1 amide bonds. The standard InChI is InChI=1S/C13H17ClN2O3S/c1-10-8-11(15-20(18,19)9-14)5-6-12(10)16-7-3-2-4-13(16)17/h5-6,8,15H,2-4,7,9H2,1H3. The van der Waals surface area contributed by atoms with Gasteiger partial charge in [0, 0.05) is 24.3 Å². The quantitative estimate of drug-likeness (QED) is 0.868. The molecule has 2 rings (SSSR count). The van der Waals surface area contributed by atoms with Crippen molar-refractivity contribution >= 4 is 38.9 Å². The van der Waals surface area contributed by atoms with Gasteiger partial charge in [-0.2, -0.15) is 0 Å². The topological polar surface area (TPSA) is 66.5 Å². The summed E-state index contributed by atoms with van der Waals surface area (Å²) < 4.78 is 25.2. The summed E-state index contributed by atoms with van der Waals surface area (Å²) in [7, 11) is -3.50. The zero-order chi connectivity index (χ0) is 14.8. The molecule has 0 spiro atoms. The predicted molar refractivity (Wildman–Crippen MR) is 80.6 cm³/mol. The molecule has 0 aliphatic carbocycles. The summed E-state index contributed by atoms with van der Waals surface area (Å²) in [6.07, 6.45) is 2.49. The van der Waals surface area contributed by atoms with Gasteiger partial charge in [-0.1, -0.05) is 0 Å². The molecule has 0 aromatic heterocycles. The molecule has 1 N–H and O–H groups in total. The van der Waals surface area contributed by atoms with E-state index in [-0.39, 0.29) is 5.91 Å². The van der Waals surface area contributed by atoms with Gasteiger partial charge in [0.05, 0.1) is 0 Å². The number of carbonyl (C=O) groups is 1. The molecule has 1 fully saturated rings. The Hall–Kier alpha value is -1.27. The number of hydrogen-bond acceptors (Lipinski definition) is 3. The minimum absolute atomic E-state index is 0.119. The lowest BCUT2D eigenvalue weighted by molar-refractivity contribution is -0.119. The van der Waals surface area contributed by atoms with Crippen molar-refractivity contribution in [1.82, 2.24) is 0 Å². The first kappa shape index (κ1) is 15.1. The maximum Gasteiger partial charge on any atom is 0.246 e. The van der Waals surface area contributed by atoms with Crippen LogP contribution < -0.4 is 9.62 Å². The highest BCUT2D eigenvalue weighted by atomic mass is 35.5. The minimum atomic E-state index is -3.50. The van der Waals surface area contributed by atoms with Crippen molar-refractivity contribution in [2.24, 2.45) is 0 Å². The highest BCUT2D eigenvalue weighted by Gasteiger charge is 2.21. The molecule has 1 aromatic carbocycles. The van der Waals surface area contributed by atoms with Crippen LogP contribution in [0.15, 0.2) is 18.2 Å². The zero-order valence-corrected chi connectivity index (χ0v) is 12.8. The minimum Gasteiger partial charge on any atom is -0.312 e. The van der Waals surface area contributed by atoms with Crippen LogP contribution in [0.25, 0.3) is 0 Å². The van der Waals surface area contributed by atoms with Gasteiger partial charge in [-0.15, -0.1) is 11.6 Å². The van der Waals surface area contributed by atoms with Crippen LogP contribution in [0.4, 0.5) is 11.4 Å². The first-order chi connectivity index (χ1) is 9.43. The fourth-order valence-corrected chi connectivity index (χ4v) is 2.99. The zero-order valence-electron chi connectivity index (χ0n) is 11.2. The number of carbonyl (C=O) groups excluding carboxylic acids is 1. The van der Waals surface area contributed by atoms with Gasteiger partial charge in [0.15, 0.2) is 0 Å². The van der Waals surface area contributed by atoms with E-state index in [0.717, 1.165) is 24.1 Å². The Bertz CT molecular complexity index is 616. The molecule has 1 aromatic rings. The third-order valence-electron chi connectivity index (χ3n) is 3.23. The van der Waals surface area contributed by atoms with E-state index in [9.17, 15) is 13.2 Å². The summed E-state index contributed by atoms with van der Waals surface area (Å²) in [5.41, 5.74) is 2.15. The number of nitrogens with zero attached hydrogens (tertiary/aromatic N) is 1. The van der Waals surface area contributed by atoms with E-state index < -0.39 is 15.2 Å². The van der Waals surface area contributed by atoms with Crippen LogP contribution in [0.5, 0.6) is 0 Å². The van der Waals surface area contributed by atoms with Crippen LogP contribution >= 0.6 is 11.6 Å². The highest BCUT2D eigenvalue weighted by molar-refractivity contribution is 7.93. The molecule has 0 saturated carbocycles. The van der Waals surface area contributed by atoms with Gasteiger partial charge >= 0.3 is 0 Å². The molecule has 0 atom stereocenters. The third kappa shape index (κ3) is 3.43. The van der Waals surface area contributed by atoms with Gasteiger partial charge in [-0.05, 0) is 43.5 Å². The number of anilines is 2. The van der Waals surface area contributed by atoms with Crippen molar-refractivity contribution < 1.29 is 13.2 Å². The lowest BCUT2D eigenvalue weighted by Crippen LogP contribution is -2.35. The van der Waals surface area contributed by atoms with Gasteiger partial charge in [0.2, 0.25) is 15.9 Å². The average molecular weight is 317 g/mol. The second-order valence-electron chi connectivity index (χ2n) is 4.83. The van der Waals surface area contributed by atoms with E-state index in [1.807, 2.05) is 6.92 Å². The second kappa shape index (κ2) is 6.01.